The first-order valence-corrected chi connectivity index (χ1v) is 17.5. The van der Waals surface area contributed by atoms with Crippen LogP contribution in [-0.2, 0) is 4.57 Å². The molecule has 0 aromatic heterocycles. The third-order valence-electron chi connectivity index (χ3n) is 0. The van der Waals surface area contributed by atoms with E-state index in [1.54, 1.807) is 0 Å². The highest BCUT2D eigenvalue weighted by Crippen LogP contribution is 1.98. The van der Waals surface area contributed by atoms with E-state index in [1.165, 1.54) is 0 Å². The fourth-order valence-electron chi connectivity index (χ4n) is 0. The van der Waals surface area contributed by atoms with Crippen molar-refractivity contribution in [3.8, 4) is 0 Å². The lowest BCUT2D eigenvalue weighted by Gasteiger charge is -1.75. The van der Waals surface area contributed by atoms with E-state index in [-0.39, 0.29) is 26.4 Å². The zero-order chi connectivity index (χ0) is 14.3. The van der Waals surface area contributed by atoms with Gasteiger partial charge >= 0.3 is 8.25 Å². The first-order valence-electron chi connectivity index (χ1n) is 5.85. The summed E-state index contributed by atoms with van der Waals surface area (Å²) < 4.78 is 8.74. The van der Waals surface area contributed by atoms with Gasteiger partial charge in [0.25, 0.3) is 0 Å². The van der Waals surface area contributed by atoms with E-state index in [4.69, 9.17) is 14.4 Å². The number of rotatable bonds is 0. The fourth-order valence-corrected chi connectivity index (χ4v) is 0. The summed E-state index contributed by atoms with van der Waals surface area (Å²) in [6.45, 7) is 20.8. The molecule has 0 aliphatic rings. The van der Waals surface area contributed by atoms with Crippen LogP contribution in [0.3, 0.4) is 0 Å². The number of hydrogen-bond acceptors (Lipinski definition) is 1. The molecule has 0 saturated heterocycles. The van der Waals surface area contributed by atoms with Crippen molar-refractivity contribution in [1.82, 2.24) is 0 Å². The summed E-state index contributed by atoms with van der Waals surface area (Å²) in [5.41, 5.74) is 0. The molecule has 0 aromatic rings. The maximum Gasteiger partial charge on any atom is 0.314 e. The average Bonchev–Trinajstić information content (AvgIpc) is 1.76. The summed E-state index contributed by atoms with van der Waals surface area (Å²) in [5.74, 6) is 0. The standard InChI is InChI=1S/3C3H10Si.H3O3P/c4*1-4(2)3/h3*4H,1-3H3;4H,(H2,1,2,3). The van der Waals surface area contributed by atoms with Gasteiger partial charge in [0.2, 0.25) is 0 Å². The molecule has 0 saturated carbocycles. The topological polar surface area (TPSA) is 57.5 Å². The average molecular weight is 305 g/mol. The quantitative estimate of drug-likeness (QED) is 0.534. The van der Waals surface area contributed by atoms with Crippen molar-refractivity contribution < 1.29 is 14.4 Å². The van der Waals surface area contributed by atoms with Crippen molar-refractivity contribution in [3.63, 3.8) is 0 Å². The monoisotopic (exact) mass is 304 g/mol. The normalized spacial score (nSPS) is 8.94. The van der Waals surface area contributed by atoms with Crippen LogP contribution in [-0.4, -0.2) is 36.2 Å². The highest BCUT2D eigenvalue weighted by Gasteiger charge is 1.72. The SMILES string of the molecule is C[SiH](C)C.C[SiH](C)C.C[SiH](C)C.O=[PH](O)O. The Labute approximate surface area is 108 Å². The van der Waals surface area contributed by atoms with Crippen molar-refractivity contribution in [2.75, 3.05) is 0 Å². The second-order valence-electron chi connectivity index (χ2n) is 5.48. The second-order valence-corrected chi connectivity index (χ2v) is 16.4. The molecule has 7 heteroatoms. The lowest BCUT2D eigenvalue weighted by molar-refractivity contribution is 0.405. The molecule has 0 aromatic carbocycles. The Hall–Kier alpha value is 0.801. The van der Waals surface area contributed by atoms with Crippen molar-refractivity contribution >= 4 is 34.6 Å². The molecule has 0 radical (unpaired) electrons. The van der Waals surface area contributed by atoms with Crippen LogP contribution >= 0.6 is 8.25 Å². The molecule has 0 atom stereocenters. The Morgan fingerprint density at radius 2 is 0.625 bits per heavy atom. The molecule has 104 valence electrons. The van der Waals surface area contributed by atoms with Gasteiger partial charge in [-0.15, -0.1) is 0 Å². The number of hydrogen-bond donors (Lipinski definition) is 2. The van der Waals surface area contributed by atoms with Gasteiger partial charge in [0.15, 0.2) is 0 Å². The molecule has 0 bridgehead atoms. The zero-order valence-electron chi connectivity index (χ0n) is 12.5. The Bertz CT molecular complexity index is 107. The van der Waals surface area contributed by atoms with Crippen LogP contribution in [0.15, 0.2) is 0 Å². The van der Waals surface area contributed by atoms with Crippen molar-refractivity contribution in [3.05, 3.63) is 0 Å². The molecule has 0 amide bonds. The van der Waals surface area contributed by atoms with Crippen LogP contribution in [0.25, 0.3) is 0 Å². The molecule has 0 unspecified atom stereocenters. The van der Waals surface area contributed by atoms with Gasteiger partial charge in [-0.05, 0) is 0 Å². The van der Waals surface area contributed by atoms with Crippen LogP contribution in [0.2, 0.25) is 58.9 Å². The lowest BCUT2D eigenvalue weighted by atomic mass is 11.8. The summed E-state index contributed by atoms with van der Waals surface area (Å²) in [7, 11) is -3.55. The molecule has 0 fully saturated rings. The van der Waals surface area contributed by atoms with Gasteiger partial charge in [-0.3, -0.25) is 4.57 Å². The maximum absolute atomic E-state index is 8.74. The Balaban J connectivity index is -0.0000000600. The van der Waals surface area contributed by atoms with Gasteiger partial charge in [-0.2, -0.15) is 0 Å². The minimum atomic E-state index is -3.13. The Kier molecular flexibility index (Phi) is 33.8. The molecule has 0 aliphatic heterocycles. The van der Waals surface area contributed by atoms with Gasteiger partial charge in [0, 0.05) is 26.4 Å². The van der Waals surface area contributed by atoms with Crippen LogP contribution in [0, 0.1) is 0 Å². The van der Waals surface area contributed by atoms with E-state index in [0.29, 0.717) is 0 Å². The first kappa shape index (κ1) is 25.6. The minimum Gasteiger partial charge on any atom is -0.326 e. The van der Waals surface area contributed by atoms with E-state index in [1.807, 2.05) is 0 Å². The van der Waals surface area contributed by atoms with Gasteiger partial charge in [0.05, 0.1) is 0 Å². The van der Waals surface area contributed by atoms with E-state index in [0.717, 1.165) is 0 Å². The largest absolute Gasteiger partial charge is 0.326 e. The van der Waals surface area contributed by atoms with Gasteiger partial charge < -0.3 is 9.79 Å². The first-order chi connectivity index (χ1) is 6.93. The maximum atomic E-state index is 8.74. The Morgan fingerprint density at radius 1 is 0.625 bits per heavy atom. The molecule has 0 heterocycles. The van der Waals surface area contributed by atoms with E-state index in [2.05, 4.69) is 58.9 Å². The van der Waals surface area contributed by atoms with Gasteiger partial charge in [-0.25, -0.2) is 0 Å². The summed E-state index contributed by atoms with van der Waals surface area (Å²) in [4.78, 5) is 14.3. The van der Waals surface area contributed by atoms with Crippen molar-refractivity contribution in [1.29, 1.82) is 0 Å². The van der Waals surface area contributed by atoms with Gasteiger partial charge in [-0.1, -0.05) is 58.9 Å². The lowest BCUT2D eigenvalue weighted by Crippen LogP contribution is -1.84. The summed E-state index contributed by atoms with van der Waals surface area (Å²) in [6, 6.07) is 0. The zero-order valence-corrected chi connectivity index (χ0v) is 17.0. The van der Waals surface area contributed by atoms with E-state index in [9.17, 15) is 0 Å². The smallest absolute Gasteiger partial charge is 0.314 e. The highest BCUT2D eigenvalue weighted by molar-refractivity contribution is 7.30. The van der Waals surface area contributed by atoms with Crippen LogP contribution in [0.5, 0.6) is 0 Å². The Morgan fingerprint density at radius 3 is 0.625 bits per heavy atom. The predicted molar refractivity (Wildman–Crippen MR) is 87.7 cm³/mol. The molecule has 0 aliphatic carbocycles. The fraction of sp³-hybridized carbons (Fsp3) is 1.00. The van der Waals surface area contributed by atoms with E-state index < -0.39 is 8.25 Å². The predicted octanol–water partition coefficient (Wildman–Crippen LogP) is 2.67. The molecular weight excluding hydrogens is 271 g/mol. The van der Waals surface area contributed by atoms with Crippen LogP contribution < -0.4 is 0 Å². The second kappa shape index (κ2) is 21.1. The summed E-state index contributed by atoms with van der Waals surface area (Å²) in [5, 5.41) is 0. The van der Waals surface area contributed by atoms with Crippen molar-refractivity contribution in [2.45, 2.75) is 58.9 Å². The molecule has 0 rings (SSSR count). The minimum absolute atomic E-state index is 0.139. The van der Waals surface area contributed by atoms with Crippen molar-refractivity contribution in [2.24, 2.45) is 0 Å². The van der Waals surface area contributed by atoms with Crippen LogP contribution in [0.4, 0.5) is 0 Å². The molecule has 0 spiro atoms. The third kappa shape index (κ3) is 4400. The molecule has 3 nitrogen and oxygen atoms in total. The summed E-state index contributed by atoms with van der Waals surface area (Å²) in [6.07, 6.45) is 0. The molecular formula is C9H33O3PSi3. The molecule has 16 heavy (non-hydrogen) atoms. The van der Waals surface area contributed by atoms with Crippen LogP contribution in [0.1, 0.15) is 0 Å². The summed E-state index contributed by atoms with van der Waals surface area (Å²) >= 11 is 0. The molecule has 2 N–H and O–H groups in total. The highest BCUT2D eigenvalue weighted by atomic mass is 31.1. The van der Waals surface area contributed by atoms with Gasteiger partial charge in [0.1, 0.15) is 0 Å². The third-order valence-corrected chi connectivity index (χ3v) is 0. The van der Waals surface area contributed by atoms with E-state index >= 15 is 0 Å².